The Hall–Kier alpha value is -1.13. The van der Waals surface area contributed by atoms with Crippen molar-refractivity contribution in [2.24, 2.45) is 86.0 Å². The van der Waals surface area contributed by atoms with Gasteiger partial charge in [-0.1, -0.05) is 0 Å². The number of nitrogens with two attached hydrogens (primary N) is 15. The number of ether oxygens (including phenoxy) is 1. The van der Waals surface area contributed by atoms with E-state index in [-0.39, 0.29) is 0 Å². The third-order valence-electron chi connectivity index (χ3n) is 4.66. The van der Waals surface area contributed by atoms with E-state index < -0.39 is 45.7 Å². The molecule has 0 bridgehead atoms. The highest BCUT2D eigenvalue weighted by molar-refractivity contribution is 5.82. The number of methoxy groups -OCH3 is 1. The summed E-state index contributed by atoms with van der Waals surface area (Å²) in [5.41, 5.74) is 69.5. The molecule has 0 fully saturated rings. The van der Waals surface area contributed by atoms with Gasteiger partial charge in [0, 0.05) is 0 Å². The molecule has 0 heterocycles. The first kappa shape index (κ1) is 24.9. The SMILES string of the molecule is COC(=O)C(N)(N)C(N)(N)C(N)(N)C(N)(N)C(N)(N)C(N)(N)C(N)(N)N. The van der Waals surface area contributed by atoms with Gasteiger partial charge in [-0.15, -0.1) is 0 Å². The quantitative estimate of drug-likeness (QED) is 0.143. The third-order valence-corrected chi connectivity index (χ3v) is 4.66. The van der Waals surface area contributed by atoms with Crippen LogP contribution in [0.25, 0.3) is 0 Å². The predicted molar refractivity (Wildman–Crippen MR) is 93.9 cm³/mol. The van der Waals surface area contributed by atoms with Crippen molar-refractivity contribution >= 4 is 5.97 Å². The molecule has 0 amide bonds. The molecule has 0 rings (SSSR count). The Morgan fingerprint density at radius 1 is 0.538 bits per heavy atom. The minimum atomic E-state index is -2.85. The summed E-state index contributed by atoms with van der Waals surface area (Å²) in [6, 6.07) is 0. The van der Waals surface area contributed by atoms with Gasteiger partial charge < -0.3 is 73.5 Å². The Morgan fingerprint density at radius 2 is 0.808 bits per heavy atom. The molecule has 0 atom stereocenters. The van der Waals surface area contributed by atoms with Crippen LogP contribution in [0.2, 0.25) is 0 Å². The van der Waals surface area contributed by atoms with E-state index in [9.17, 15) is 4.79 Å². The first-order valence-corrected chi connectivity index (χ1v) is 6.90. The van der Waals surface area contributed by atoms with E-state index in [0.717, 1.165) is 7.11 Å². The highest BCUT2D eigenvalue weighted by atomic mass is 16.5. The third kappa shape index (κ3) is 2.95. The fourth-order valence-electron chi connectivity index (χ4n) is 2.07. The molecule has 30 N–H and O–H groups in total. The van der Waals surface area contributed by atoms with E-state index in [0.29, 0.717) is 0 Å². The molecule has 0 aromatic rings. The Morgan fingerprint density at radius 3 is 1.08 bits per heavy atom. The molecular formula is C9H33N15O2. The largest absolute Gasteiger partial charge is 0.467 e. The topological polar surface area (TPSA) is 417 Å². The van der Waals surface area contributed by atoms with Crippen LogP contribution in [-0.4, -0.2) is 52.8 Å². The molecule has 0 aliphatic carbocycles. The summed E-state index contributed by atoms with van der Waals surface area (Å²) >= 11 is 0. The molecule has 0 aliphatic rings. The molecule has 0 radical (unpaired) electrons. The number of rotatable bonds is 7. The van der Waals surface area contributed by atoms with Crippen LogP contribution in [0, 0.1) is 0 Å². The number of hydrogen-bond acceptors (Lipinski definition) is 17. The lowest BCUT2D eigenvalue weighted by atomic mass is 9.67. The van der Waals surface area contributed by atoms with Crippen LogP contribution in [0.1, 0.15) is 0 Å². The maximum Gasteiger partial charge on any atom is 0.344 e. The van der Waals surface area contributed by atoms with Gasteiger partial charge >= 0.3 is 5.97 Å². The van der Waals surface area contributed by atoms with Gasteiger partial charge in [0.15, 0.2) is 11.4 Å². The van der Waals surface area contributed by atoms with Gasteiger partial charge in [0.05, 0.1) is 7.11 Å². The molecule has 0 aromatic heterocycles. The molecule has 0 spiro atoms. The van der Waals surface area contributed by atoms with Gasteiger partial charge in [-0.3, -0.25) is 17.2 Å². The molecule has 0 saturated heterocycles. The van der Waals surface area contributed by atoms with Crippen molar-refractivity contribution in [2.45, 2.75) is 39.8 Å². The van der Waals surface area contributed by atoms with E-state index in [2.05, 4.69) is 4.74 Å². The number of hydrogen-bond donors (Lipinski definition) is 15. The van der Waals surface area contributed by atoms with Gasteiger partial charge in [-0.2, -0.15) is 0 Å². The Labute approximate surface area is 149 Å². The average Bonchev–Trinajstić information content (AvgIpc) is 2.43. The number of esters is 1. The van der Waals surface area contributed by atoms with Crippen molar-refractivity contribution in [1.82, 2.24) is 0 Å². The lowest BCUT2D eigenvalue weighted by Crippen LogP contribution is -3.07. The van der Waals surface area contributed by atoms with Gasteiger partial charge in [0.25, 0.3) is 0 Å². The van der Waals surface area contributed by atoms with Gasteiger partial charge in [0.1, 0.15) is 28.3 Å². The zero-order valence-corrected chi connectivity index (χ0v) is 14.5. The smallest absolute Gasteiger partial charge is 0.344 e. The van der Waals surface area contributed by atoms with E-state index in [1.807, 2.05) is 0 Å². The minimum absolute atomic E-state index is 0.937. The Bertz CT molecular complexity index is 546. The van der Waals surface area contributed by atoms with Gasteiger partial charge in [-0.25, -0.2) is 4.79 Å². The summed E-state index contributed by atoms with van der Waals surface area (Å²) in [4.78, 5) is 11.9. The van der Waals surface area contributed by atoms with Crippen LogP contribution < -0.4 is 86.0 Å². The molecular weight excluding hydrogens is 350 g/mol. The van der Waals surface area contributed by atoms with E-state index in [1.54, 1.807) is 0 Å². The summed E-state index contributed by atoms with van der Waals surface area (Å²) < 4.78 is 4.40. The van der Waals surface area contributed by atoms with Crippen LogP contribution in [0.3, 0.4) is 0 Å². The predicted octanol–water partition coefficient (Wildman–Crippen LogP) is -10.6. The zero-order valence-electron chi connectivity index (χ0n) is 14.5. The van der Waals surface area contributed by atoms with Gasteiger partial charge in [0.2, 0.25) is 0 Å². The molecule has 0 saturated carbocycles. The summed E-state index contributed by atoms with van der Waals surface area (Å²) in [6.07, 6.45) is 0. The molecule has 156 valence electrons. The highest BCUT2D eigenvalue weighted by Gasteiger charge is 2.71. The monoisotopic (exact) mass is 383 g/mol. The zero-order chi connectivity index (χ0) is 21.8. The van der Waals surface area contributed by atoms with Crippen molar-refractivity contribution in [3.05, 3.63) is 0 Å². The van der Waals surface area contributed by atoms with Crippen molar-refractivity contribution in [3.8, 4) is 0 Å². The van der Waals surface area contributed by atoms with Crippen LogP contribution >= 0.6 is 0 Å². The number of carbonyl (C=O) groups excluding carboxylic acids is 1. The highest BCUT2D eigenvalue weighted by Crippen LogP contribution is 2.30. The fourth-order valence-corrected chi connectivity index (χ4v) is 2.07. The molecule has 0 aromatic carbocycles. The lowest BCUT2D eigenvalue weighted by molar-refractivity contribution is -0.153. The Kier molecular flexibility index (Phi) is 5.93. The molecule has 17 heteroatoms. The molecule has 17 nitrogen and oxygen atoms in total. The summed E-state index contributed by atoms with van der Waals surface area (Å²) in [5, 5.41) is 0. The Balaban J connectivity index is 6.56. The van der Waals surface area contributed by atoms with E-state index in [1.165, 1.54) is 0 Å². The van der Waals surface area contributed by atoms with Crippen molar-refractivity contribution in [3.63, 3.8) is 0 Å². The maximum absolute atomic E-state index is 11.9. The molecule has 0 unspecified atom stereocenters. The minimum Gasteiger partial charge on any atom is -0.467 e. The fraction of sp³-hybridized carbons (Fsp3) is 0.889. The van der Waals surface area contributed by atoms with E-state index >= 15 is 0 Å². The van der Waals surface area contributed by atoms with Gasteiger partial charge in [-0.05, 0) is 0 Å². The van der Waals surface area contributed by atoms with Crippen LogP contribution in [0.15, 0.2) is 0 Å². The maximum atomic E-state index is 11.9. The second-order valence-corrected chi connectivity index (χ2v) is 6.64. The summed E-state index contributed by atoms with van der Waals surface area (Å²) in [6.45, 7) is 0. The van der Waals surface area contributed by atoms with Crippen molar-refractivity contribution < 1.29 is 9.53 Å². The standard InChI is InChI=1S/C9H33N15O2/c1-26-2(25)3(10,11)4(12,13)5(14,15)6(16,17)7(18,19)8(20,21)9(22,23)24/h10-24H2,1H3. The second-order valence-electron chi connectivity index (χ2n) is 6.64. The van der Waals surface area contributed by atoms with E-state index in [4.69, 9.17) is 86.0 Å². The first-order chi connectivity index (χ1) is 11.0. The summed E-state index contributed by atoms with van der Waals surface area (Å²) in [5.74, 6) is -3.77. The first-order valence-electron chi connectivity index (χ1n) is 6.90. The van der Waals surface area contributed by atoms with Crippen molar-refractivity contribution in [1.29, 1.82) is 0 Å². The van der Waals surface area contributed by atoms with Crippen molar-refractivity contribution in [2.75, 3.05) is 7.11 Å². The molecule has 26 heavy (non-hydrogen) atoms. The average molecular weight is 383 g/mol. The normalized spacial score (nSPS) is 15.8. The molecule has 0 aliphatic heterocycles. The van der Waals surface area contributed by atoms with Crippen LogP contribution in [-0.2, 0) is 9.53 Å². The number of carbonyl (C=O) groups is 1. The lowest BCUT2D eigenvalue weighted by Gasteiger charge is -2.61. The van der Waals surface area contributed by atoms with Crippen LogP contribution in [0.5, 0.6) is 0 Å². The van der Waals surface area contributed by atoms with Crippen LogP contribution in [0.4, 0.5) is 0 Å². The summed E-state index contributed by atoms with van der Waals surface area (Å²) in [7, 11) is 0.937. The second kappa shape index (κ2) is 6.20.